The molecular formula is C19H21ClN6O2S. The van der Waals surface area contributed by atoms with Gasteiger partial charge in [0.15, 0.2) is 5.65 Å². The van der Waals surface area contributed by atoms with Gasteiger partial charge < -0.3 is 19.5 Å². The number of carbonyl (C=O) groups excluding carboxylic acids is 1. The van der Waals surface area contributed by atoms with Crippen molar-refractivity contribution in [2.75, 3.05) is 38.2 Å². The zero-order chi connectivity index (χ0) is 20.4. The molecule has 3 aromatic rings. The number of halogens is 1. The Morgan fingerprint density at radius 2 is 2.07 bits per heavy atom. The van der Waals surface area contributed by atoms with Crippen LogP contribution in [0, 0.1) is 0 Å². The maximum Gasteiger partial charge on any atom is 0.235 e. The highest BCUT2D eigenvalue weighted by atomic mass is 35.5. The molecule has 1 aromatic carbocycles. The lowest BCUT2D eigenvalue weighted by molar-refractivity contribution is -0.130. The number of ether oxygens (including phenoxy) is 1. The normalized spacial score (nSPS) is 15.6. The Hall–Kier alpha value is -2.52. The molecule has 1 saturated heterocycles. The molecule has 0 radical (unpaired) electrons. The lowest BCUT2D eigenvalue weighted by Crippen LogP contribution is -2.50. The molecule has 0 bridgehead atoms. The highest BCUT2D eigenvalue weighted by Gasteiger charge is 2.27. The highest BCUT2D eigenvalue weighted by molar-refractivity contribution is 8.00. The highest BCUT2D eigenvalue weighted by Crippen LogP contribution is 2.29. The number of benzene rings is 1. The van der Waals surface area contributed by atoms with E-state index in [1.54, 1.807) is 13.4 Å². The molecule has 1 N–H and O–H groups in total. The summed E-state index contributed by atoms with van der Waals surface area (Å²) in [6.45, 7) is 4.79. The fraction of sp³-hybridized carbons (Fsp3) is 0.368. The van der Waals surface area contributed by atoms with Gasteiger partial charge in [0.1, 0.15) is 16.3 Å². The van der Waals surface area contributed by atoms with Crippen molar-refractivity contribution in [1.29, 1.82) is 0 Å². The zero-order valence-electron chi connectivity index (χ0n) is 16.1. The van der Waals surface area contributed by atoms with Crippen LogP contribution in [-0.2, 0) is 4.79 Å². The second-order valence-electron chi connectivity index (χ2n) is 6.67. The van der Waals surface area contributed by atoms with Crippen molar-refractivity contribution in [3.05, 3.63) is 35.9 Å². The van der Waals surface area contributed by atoms with Crippen LogP contribution < -0.4 is 9.64 Å². The Kier molecular flexibility index (Phi) is 5.77. The molecule has 4 rings (SSSR count). The number of amides is 1. The Bertz CT molecular complexity index is 1020. The SMILES string of the molecule is COc1cccc(N2CCN(C(=O)[C@H](C)Sc3nc(Cl)nc4nc[nH]c34)CC2)c1. The van der Waals surface area contributed by atoms with Gasteiger partial charge in [-0.05, 0) is 30.7 Å². The van der Waals surface area contributed by atoms with Crippen molar-refractivity contribution >= 4 is 46.1 Å². The molecule has 0 saturated carbocycles. The smallest absolute Gasteiger partial charge is 0.235 e. The van der Waals surface area contributed by atoms with Gasteiger partial charge in [0, 0.05) is 37.9 Å². The van der Waals surface area contributed by atoms with Crippen molar-refractivity contribution < 1.29 is 9.53 Å². The molecule has 29 heavy (non-hydrogen) atoms. The van der Waals surface area contributed by atoms with Gasteiger partial charge in [-0.1, -0.05) is 17.8 Å². The Morgan fingerprint density at radius 3 is 2.83 bits per heavy atom. The summed E-state index contributed by atoms with van der Waals surface area (Å²) in [6.07, 6.45) is 1.55. The first-order valence-corrected chi connectivity index (χ1v) is 10.5. The predicted octanol–water partition coefficient (Wildman–Crippen LogP) is 2.84. The first-order chi connectivity index (χ1) is 14.0. The van der Waals surface area contributed by atoms with Crippen molar-refractivity contribution in [2.24, 2.45) is 0 Å². The average molecular weight is 433 g/mol. The average Bonchev–Trinajstić information content (AvgIpc) is 3.22. The van der Waals surface area contributed by atoms with Gasteiger partial charge in [-0.15, -0.1) is 0 Å². The van der Waals surface area contributed by atoms with E-state index in [4.69, 9.17) is 16.3 Å². The summed E-state index contributed by atoms with van der Waals surface area (Å²) in [7, 11) is 1.66. The van der Waals surface area contributed by atoms with Gasteiger partial charge in [0.05, 0.1) is 18.7 Å². The summed E-state index contributed by atoms with van der Waals surface area (Å²) in [4.78, 5) is 32.6. The van der Waals surface area contributed by atoms with Gasteiger partial charge in [0.25, 0.3) is 0 Å². The van der Waals surface area contributed by atoms with Gasteiger partial charge >= 0.3 is 0 Å². The largest absolute Gasteiger partial charge is 0.497 e. The number of anilines is 1. The van der Waals surface area contributed by atoms with Crippen LogP contribution in [0.25, 0.3) is 11.2 Å². The molecule has 2 aromatic heterocycles. The van der Waals surface area contributed by atoms with Crippen LogP contribution in [0.15, 0.2) is 35.6 Å². The van der Waals surface area contributed by atoms with E-state index < -0.39 is 0 Å². The second-order valence-corrected chi connectivity index (χ2v) is 8.34. The number of piperazine rings is 1. The van der Waals surface area contributed by atoms with Crippen LogP contribution >= 0.6 is 23.4 Å². The van der Waals surface area contributed by atoms with E-state index in [-0.39, 0.29) is 16.4 Å². The first kappa shape index (κ1) is 19.8. The molecule has 3 heterocycles. The van der Waals surface area contributed by atoms with E-state index >= 15 is 0 Å². The van der Waals surface area contributed by atoms with Crippen LogP contribution in [0.4, 0.5) is 5.69 Å². The number of nitrogens with zero attached hydrogens (tertiary/aromatic N) is 5. The minimum Gasteiger partial charge on any atom is -0.497 e. The maximum atomic E-state index is 13.0. The summed E-state index contributed by atoms with van der Waals surface area (Å²) >= 11 is 7.36. The number of hydrogen-bond acceptors (Lipinski definition) is 7. The summed E-state index contributed by atoms with van der Waals surface area (Å²) in [6, 6.07) is 7.99. The molecule has 152 valence electrons. The minimum atomic E-state index is -0.296. The van der Waals surface area contributed by atoms with Gasteiger partial charge in [-0.3, -0.25) is 4.79 Å². The van der Waals surface area contributed by atoms with Crippen molar-refractivity contribution in [3.8, 4) is 5.75 Å². The number of H-pyrrole nitrogens is 1. The number of thioether (sulfide) groups is 1. The van der Waals surface area contributed by atoms with Crippen LogP contribution in [-0.4, -0.2) is 69.3 Å². The fourth-order valence-electron chi connectivity index (χ4n) is 3.33. The third kappa shape index (κ3) is 4.25. The van der Waals surface area contributed by atoms with E-state index in [1.807, 2.05) is 30.0 Å². The lowest BCUT2D eigenvalue weighted by Gasteiger charge is -2.37. The summed E-state index contributed by atoms with van der Waals surface area (Å²) < 4.78 is 5.31. The third-order valence-electron chi connectivity index (χ3n) is 4.87. The minimum absolute atomic E-state index is 0.0858. The number of hydrogen-bond donors (Lipinski definition) is 1. The van der Waals surface area contributed by atoms with Crippen LogP contribution in [0.2, 0.25) is 5.28 Å². The van der Waals surface area contributed by atoms with Crippen LogP contribution in [0.5, 0.6) is 5.75 Å². The van der Waals surface area contributed by atoms with Crippen LogP contribution in [0.1, 0.15) is 6.92 Å². The molecule has 0 aliphatic carbocycles. The van der Waals surface area contributed by atoms with E-state index in [2.05, 4.69) is 30.9 Å². The quantitative estimate of drug-likeness (QED) is 0.377. The first-order valence-electron chi connectivity index (χ1n) is 9.26. The summed E-state index contributed by atoms with van der Waals surface area (Å²) in [5, 5.41) is 0.461. The van der Waals surface area contributed by atoms with E-state index in [9.17, 15) is 4.79 Å². The third-order valence-corrected chi connectivity index (χ3v) is 6.11. The summed E-state index contributed by atoms with van der Waals surface area (Å²) in [5.74, 6) is 0.919. The molecule has 1 fully saturated rings. The number of methoxy groups -OCH3 is 1. The second kappa shape index (κ2) is 8.46. The zero-order valence-corrected chi connectivity index (χ0v) is 17.7. The number of imidazole rings is 1. The number of carbonyl (C=O) groups is 1. The molecule has 1 aliphatic rings. The molecule has 1 atom stereocenters. The molecule has 10 heteroatoms. The number of fused-ring (bicyclic) bond motifs is 1. The molecular weight excluding hydrogens is 412 g/mol. The summed E-state index contributed by atoms with van der Waals surface area (Å²) in [5.41, 5.74) is 2.30. The van der Waals surface area contributed by atoms with E-state index in [1.165, 1.54) is 11.8 Å². The fourth-order valence-corrected chi connectivity index (χ4v) is 4.54. The Labute approximate surface area is 177 Å². The number of rotatable bonds is 5. The monoisotopic (exact) mass is 432 g/mol. The Balaban J connectivity index is 1.39. The lowest BCUT2D eigenvalue weighted by atomic mass is 10.2. The number of aromatic nitrogens is 4. The maximum absolute atomic E-state index is 13.0. The Morgan fingerprint density at radius 1 is 1.28 bits per heavy atom. The molecule has 1 amide bonds. The van der Waals surface area contributed by atoms with E-state index in [0.717, 1.165) is 24.5 Å². The van der Waals surface area contributed by atoms with Crippen molar-refractivity contribution in [2.45, 2.75) is 17.2 Å². The molecule has 0 unspecified atom stereocenters. The van der Waals surface area contributed by atoms with Crippen LogP contribution in [0.3, 0.4) is 0 Å². The van der Waals surface area contributed by atoms with Crippen molar-refractivity contribution in [3.63, 3.8) is 0 Å². The topological polar surface area (TPSA) is 87.2 Å². The number of nitrogens with one attached hydrogen (secondary N) is 1. The van der Waals surface area contributed by atoms with Gasteiger partial charge in [0.2, 0.25) is 11.2 Å². The molecule has 1 aliphatic heterocycles. The van der Waals surface area contributed by atoms with Gasteiger partial charge in [-0.25, -0.2) is 9.97 Å². The number of aromatic amines is 1. The van der Waals surface area contributed by atoms with E-state index in [0.29, 0.717) is 29.3 Å². The molecule has 0 spiro atoms. The van der Waals surface area contributed by atoms with Crippen molar-refractivity contribution in [1.82, 2.24) is 24.8 Å². The standard InChI is InChI=1S/C19H21ClN6O2S/c1-12(29-17-15-16(22-11-21-15)23-19(20)24-17)18(27)26-8-6-25(7-9-26)13-4-3-5-14(10-13)28-2/h3-5,10-12H,6-9H2,1-2H3,(H,21,22,23,24)/t12-/m0/s1. The van der Waals surface area contributed by atoms with Gasteiger partial charge in [-0.2, -0.15) is 4.98 Å². The molecule has 8 nitrogen and oxygen atoms in total. The predicted molar refractivity (Wildman–Crippen MR) is 114 cm³/mol.